The number of ether oxygens (including phenoxy) is 4. The van der Waals surface area contributed by atoms with E-state index in [1.54, 1.807) is 12.1 Å². The number of carbonyl (C=O) groups is 1. The zero-order valence-corrected chi connectivity index (χ0v) is 13.2. The summed E-state index contributed by atoms with van der Waals surface area (Å²) < 4.78 is 21.9. The molecule has 1 aromatic rings. The fraction of sp³-hybridized carbons (Fsp3) is 0.562. The molecule has 0 atom stereocenters. The number of hydrogen-bond acceptors (Lipinski definition) is 5. The summed E-state index contributed by atoms with van der Waals surface area (Å²) in [6, 6.07) is 3.27. The molecule has 0 aliphatic carbocycles. The van der Waals surface area contributed by atoms with Gasteiger partial charge < -0.3 is 18.9 Å². The van der Waals surface area contributed by atoms with Gasteiger partial charge in [0.05, 0.1) is 32.0 Å². The average molecular weight is 296 g/mol. The van der Waals surface area contributed by atoms with Gasteiger partial charge in [0.25, 0.3) is 0 Å². The lowest BCUT2D eigenvalue weighted by Crippen LogP contribution is -2.09. The molecule has 0 fully saturated rings. The summed E-state index contributed by atoms with van der Waals surface area (Å²) in [5.74, 6) is 1.12. The zero-order valence-electron chi connectivity index (χ0n) is 13.2. The van der Waals surface area contributed by atoms with Gasteiger partial charge in [0.15, 0.2) is 11.5 Å². The molecule has 5 heteroatoms. The molecule has 0 aliphatic heterocycles. The van der Waals surface area contributed by atoms with Crippen LogP contribution in [0.25, 0.3) is 0 Å². The number of rotatable bonds is 9. The minimum atomic E-state index is -0.387. The Hall–Kier alpha value is -1.91. The van der Waals surface area contributed by atoms with Gasteiger partial charge in [-0.15, -0.1) is 0 Å². The Balaban J connectivity index is 3.18. The van der Waals surface area contributed by atoms with Crippen LogP contribution in [0.4, 0.5) is 0 Å². The Morgan fingerprint density at radius 3 is 1.86 bits per heavy atom. The van der Waals surface area contributed by atoms with Gasteiger partial charge in [-0.25, -0.2) is 4.79 Å². The first-order chi connectivity index (χ1) is 10.2. The molecular weight excluding hydrogens is 272 g/mol. The van der Waals surface area contributed by atoms with Crippen molar-refractivity contribution < 1.29 is 23.7 Å². The maximum atomic E-state index is 12.0. The summed E-state index contributed by atoms with van der Waals surface area (Å²) in [6.07, 6.45) is 0.777. The van der Waals surface area contributed by atoms with Gasteiger partial charge in [0.1, 0.15) is 0 Å². The number of esters is 1. The minimum Gasteiger partial charge on any atom is -0.490 e. The average Bonchev–Trinajstić information content (AvgIpc) is 2.48. The third kappa shape index (κ3) is 4.85. The minimum absolute atomic E-state index is 0.387. The van der Waals surface area contributed by atoms with E-state index < -0.39 is 0 Å². The smallest absolute Gasteiger partial charge is 0.338 e. The lowest BCUT2D eigenvalue weighted by atomic mass is 10.2. The van der Waals surface area contributed by atoms with Crippen LogP contribution in [0.15, 0.2) is 12.1 Å². The summed E-state index contributed by atoms with van der Waals surface area (Å²) in [5, 5.41) is 0. The van der Waals surface area contributed by atoms with E-state index in [0.29, 0.717) is 49.2 Å². The predicted molar refractivity (Wildman–Crippen MR) is 80.5 cm³/mol. The Morgan fingerprint density at radius 1 is 0.905 bits per heavy atom. The Labute approximate surface area is 126 Å². The van der Waals surface area contributed by atoms with E-state index in [9.17, 15) is 4.79 Å². The molecule has 0 bridgehead atoms. The van der Waals surface area contributed by atoms with Gasteiger partial charge in [-0.1, -0.05) is 6.92 Å². The first-order valence-corrected chi connectivity index (χ1v) is 7.41. The molecule has 0 unspecified atom stereocenters. The molecule has 0 saturated heterocycles. The monoisotopic (exact) mass is 296 g/mol. The Morgan fingerprint density at radius 2 is 1.43 bits per heavy atom. The van der Waals surface area contributed by atoms with Crippen molar-refractivity contribution in [3.8, 4) is 17.2 Å². The van der Waals surface area contributed by atoms with Crippen LogP contribution < -0.4 is 14.2 Å². The third-order valence-electron chi connectivity index (χ3n) is 2.58. The first kappa shape index (κ1) is 17.1. The van der Waals surface area contributed by atoms with E-state index in [4.69, 9.17) is 18.9 Å². The molecule has 118 valence electrons. The fourth-order valence-electron chi connectivity index (χ4n) is 1.78. The van der Waals surface area contributed by atoms with Gasteiger partial charge in [0, 0.05) is 0 Å². The van der Waals surface area contributed by atoms with Crippen molar-refractivity contribution in [2.45, 2.75) is 34.1 Å². The summed E-state index contributed by atoms with van der Waals surface area (Å²) in [7, 11) is 0. The van der Waals surface area contributed by atoms with E-state index in [2.05, 4.69) is 0 Å². The van der Waals surface area contributed by atoms with Crippen LogP contribution in [0.5, 0.6) is 17.2 Å². The SMILES string of the molecule is CCCOC(=O)c1cc(OCC)c(OCC)c(OCC)c1. The maximum Gasteiger partial charge on any atom is 0.338 e. The largest absolute Gasteiger partial charge is 0.490 e. The molecular formula is C16H24O5. The van der Waals surface area contributed by atoms with E-state index >= 15 is 0 Å². The van der Waals surface area contributed by atoms with Crippen LogP contribution in [0, 0.1) is 0 Å². The van der Waals surface area contributed by atoms with Crippen LogP contribution in [0.1, 0.15) is 44.5 Å². The summed E-state index contributed by atoms with van der Waals surface area (Å²) in [5.41, 5.74) is 0.402. The molecule has 5 nitrogen and oxygen atoms in total. The van der Waals surface area contributed by atoms with E-state index in [-0.39, 0.29) is 5.97 Å². The first-order valence-electron chi connectivity index (χ1n) is 7.41. The summed E-state index contributed by atoms with van der Waals surface area (Å²) in [6.45, 7) is 9.39. The molecule has 21 heavy (non-hydrogen) atoms. The Kier molecular flexibility index (Phi) is 7.43. The normalized spacial score (nSPS) is 10.1. The van der Waals surface area contributed by atoms with Crippen LogP contribution in [0.3, 0.4) is 0 Å². The summed E-state index contributed by atoms with van der Waals surface area (Å²) in [4.78, 5) is 12.0. The molecule has 1 rings (SSSR count). The van der Waals surface area contributed by atoms with Crippen LogP contribution >= 0.6 is 0 Å². The molecule has 0 heterocycles. The molecule has 0 saturated carbocycles. The molecule has 0 aliphatic rings. The number of benzene rings is 1. The highest BCUT2D eigenvalue weighted by Gasteiger charge is 2.18. The Bertz CT molecular complexity index is 429. The molecule has 0 N–H and O–H groups in total. The fourth-order valence-corrected chi connectivity index (χ4v) is 1.78. The number of hydrogen-bond donors (Lipinski definition) is 0. The van der Waals surface area contributed by atoms with Crippen molar-refractivity contribution in [2.75, 3.05) is 26.4 Å². The molecule has 0 spiro atoms. The summed E-state index contributed by atoms with van der Waals surface area (Å²) >= 11 is 0. The quantitative estimate of drug-likeness (QED) is 0.653. The second-order valence-corrected chi connectivity index (χ2v) is 4.24. The molecule has 0 radical (unpaired) electrons. The molecule has 0 amide bonds. The van der Waals surface area contributed by atoms with Crippen molar-refractivity contribution in [2.24, 2.45) is 0 Å². The highest BCUT2D eigenvalue weighted by Crippen LogP contribution is 2.39. The predicted octanol–water partition coefficient (Wildman–Crippen LogP) is 3.45. The van der Waals surface area contributed by atoms with Crippen LogP contribution in [-0.4, -0.2) is 32.4 Å². The van der Waals surface area contributed by atoms with E-state index in [0.717, 1.165) is 6.42 Å². The maximum absolute atomic E-state index is 12.0. The van der Waals surface area contributed by atoms with E-state index in [1.165, 1.54) is 0 Å². The van der Waals surface area contributed by atoms with Crippen molar-refractivity contribution in [1.29, 1.82) is 0 Å². The second kappa shape index (κ2) is 9.10. The third-order valence-corrected chi connectivity index (χ3v) is 2.58. The van der Waals surface area contributed by atoms with Gasteiger partial charge in [0.2, 0.25) is 5.75 Å². The highest BCUT2D eigenvalue weighted by atomic mass is 16.5. The highest BCUT2D eigenvalue weighted by molar-refractivity contribution is 5.91. The zero-order chi connectivity index (χ0) is 15.7. The van der Waals surface area contributed by atoms with Gasteiger partial charge in [-0.3, -0.25) is 0 Å². The number of carbonyl (C=O) groups excluding carboxylic acids is 1. The van der Waals surface area contributed by atoms with Crippen molar-refractivity contribution >= 4 is 5.97 Å². The topological polar surface area (TPSA) is 54.0 Å². The molecule has 1 aromatic carbocycles. The van der Waals surface area contributed by atoms with Crippen molar-refractivity contribution in [3.63, 3.8) is 0 Å². The van der Waals surface area contributed by atoms with Gasteiger partial charge >= 0.3 is 5.97 Å². The lowest BCUT2D eigenvalue weighted by molar-refractivity contribution is 0.0504. The standard InChI is InChI=1S/C16H24O5/c1-5-9-21-16(17)12-10-13(18-6-2)15(20-8-4)14(11-12)19-7-3/h10-11H,5-9H2,1-4H3. The van der Waals surface area contributed by atoms with Crippen LogP contribution in [0.2, 0.25) is 0 Å². The lowest BCUT2D eigenvalue weighted by Gasteiger charge is -2.16. The second-order valence-electron chi connectivity index (χ2n) is 4.24. The van der Waals surface area contributed by atoms with Crippen LogP contribution in [-0.2, 0) is 4.74 Å². The van der Waals surface area contributed by atoms with Crippen molar-refractivity contribution in [1.82, 2.24) is 0 Å². The van der Waals surface area contributed by atoms with Gasteiger partial charge in [-0.2, -0.15) is 0 Å². The molecule has 0 aromatic heterocycles. The van der Waals surface area contributed by atoms with E-state index in [1.807, 2.05) is 27.7 Å². The van der Waals surface area contributed by atoms with Gasteiger partial charge in [-0.05, 0) is 39.3 Å². The van der Waals surface area contributed by atoms with Crippen molar-refractivity contribution in [3.05, 3.63) is 17.7 Å².